The van der Waals surface area contributed by atoms with Crippen LogP contribution in [0.25, 0.3) is 0 Å². The Kier molecular flexibility index (Phi) is 8.35. The van der Waals surface area contributed by atoms with Gasteiger partial charge in [-0.15, -0.1) is 0 Å². The van der Waals surface area contributed by atoms with E-state index in [1.54, 1.807) is 11.8 Å². The molecule has 0 aromatic carbocycles. The molecule has 1 amide bonds. The highest BCUT2D eigenvalue weighted by Crippen LogP contribution is 2.01. The van der Waals surface area contributed by atoms with Gasteiger partial charge in [-0.3, -0.25) is 14.5 Å². The van der Waals surface area contributed by atoms with Gasteiger partial charge in [0.25, 0.3) is 0 Å². The Morgan fingerprint density at radius 1 is 1.47 bits per heavy atom. The van der Waals surface area contributed by atoms with Crippen molar-refractivity contribution in [3.05, 3.63) is 0 Å². The Balaban J connectivity index is 4.04. The lowest BCUT2D eigenvalue weighted by Gasteiger charge is -2.22. The number of carbonyl (C=O) groups is 2. The SMILES string of the molecule is CCOCCCN(CC(N)=O)CC(C)C(=O)O. The lowest BCUT2D eigenvalue weighted by atomic mass is 10.1. The molecule has 0 fully saturated rings. The summed E-state index contributed by atoms with van der Waals surface area (Å²) in [6, 6.07) is 0. The summed E-state index contributed by atoms with van der Waals surface area (Å²) in [4.78, 5) is 23.3. The smallest absolute Gasteiger partial charge is 0.307 e. The van der Waals surface area contributed by atoms with Crippen molar-refractivity contribution in [2.75, 3.05) is 32.8 Å². The highest BCUT2D eigenvalue weighted by Gasteiger charge is 2.17. The summed E-state index contributed by atoms with van der Waals surface area (Å²) in [5.41, 5.74) is 5.12. The van der Waals surface area contributed by atoms with Gasteiger partial charge in [-0.2, -0.15) is 0 Å². The van der Waals surface area contributed by atoms with Crippen molar-refractivity contribution in [1.82, 2.24) is 4.90 Å². The van der Waals surface area contributed by atoms with Crippen LogP contribution in [-0.4, -0.2) is 54.7 Å². The van der Waals surface area contributed by atoms with Crippen molar-refractivity contribution in [2.45, 2.75) is 20.3 Å². The van der Waals surface area contributed by atoms with Crippen molar-refractivity contribution in [3.63, 3.8) is 0 Å². The number of rotatable bonds is 10. The third kappa shape index (κ3) is 8.65. The molecule has 1 unspecified atom stereocenters. The number of nitrogens with two attached hydrogens (primary N) is 1. The van der Waals surface area contributed by atoms with E-state index in [1.807, 2.05) is 6.92 Å². The summed E-state index contributed by atoms with van der Waals surface area (Å²) in [6.45, 7) is 5.80. The van der Waals surface area contributed by atoms with E-state index in [0.29, 0.717) is 26.3 Å². The lowest BCUT2D eigenvalue weighted by Crippen LogP contribution is -2.39. The zero-order valence-electron chi connectivity index (χ0n) is 10.5. The molecule has 0 heterocycles. The van der Waals surface area contributed by atoms with Gasteiger partial charge < -0.3 is 15.6 Å². The Labute approximate surface area is 102 Å². The van der Waals surface area contributed by atoms with Crippen molar-refractivity contribution in [3.8, 4) is 0 Å². The third-order valence-corrected chi connectivity index (χ3v) is 2.30. The van der Waals surface area contributed by atoms with Gasteiger partial charge in [0.15, 0.2) is 0 Å². The molecule has 0 radical (unpaired) electrons. The minimum atomic E-state index is -0.871. The van der Waals surface area contributed by atoms with Gasteiger partial charge in [-0.1, -0.05) is 6.92 Å². The Bertz CT molecular complexity index is 246. The number of ether oxygens (including phenoxy) is 1. The summed E-state index contributed by atoms with van der Waals surface area (Å²) in [5, 5.41) is 8.81. The van der Waals surface area contributed by atoms with Crippen LogP contribution in [-0.2, 0) is 14.3 Å². The topological polar surface area (TPSA) is 92.9 Å². The van der Waals surface area contributed by atoms with E-state index >= 15 is 0 Å². The molecule has 0 aromatic heterocycles. The molecule has 0 aliphatic carbocycles. The molecule has 17 heavy (non-hydrogen) atoms. The number of carboxylic acids is 1. The van der Waals surface area contributed by atoms with E-state index in [4.69, 9.17) is 15.6 Å². The van der Waals surface area contributed by atoms with Crippen molar-refractivity contribution in [2.24, 2.45) is 11.7 Å². The van der Waals surface area contributed by atoms with E-state index in [9.17, 15) is 9.59 Å². The molecule has 0 aliphatic rings. The monoisotopic (exact) mass is 246 g/mol. The fourth-order valence-electron chi connectivity index (χ4n) is 1.46. The van der Waals surface area contributed by atoms with E-state index in [0.717, 1.165) is 6.42 Å². The first-order valence-electron chi connectivity index (χ1n) is 5.78. The van der Waals surface area contributed by atoms with Crippen LogP contribution >= 0.6 is 0 Å². The first-order valence-corrected chi connectivity index (χ1v) is 5.78. The van der Waals surface area contributed by atoms with Gasteiger partial charge >= 0.3 is 5.97 Å². The Hall–Kier alpha value is -1.14. The molecule has 0 aliphatic heterocycles. The molecule has 0 saturated carbocycles. The standard InChI is InChI=1S/C11H22N2O4/c1-3-17-6-4-5-13(8-10(12)14)7-9(2)11(15)16/h9H,3-8H2,1-2H3,(H2,12,14)(H,15,16). The second kappa shape index (κ2) is 8.95. The maximum absolute atomic E-state index is 10.9. The molecule has 0 bridgehead atoms. The van der Waals surface area contributed by atoms with Crippen LogP contribution < -0.4 is 5.73 Å². The maximum Gasteiger partial charge on any atom is 0.307 e. The molecule has 1 atom stereocenters. The number of nitrogens with zero attached hydrogens (tertiary/aromatic N) is 1. The van der Waals surface area contributed by atoms with Gasteiger partial charge in [-0.05, 0) is 13.3 Å². The van der Waals surface area contributed by atoms with Gasteiger partial charge in [0, 0.05) is 26.3 Å². The normalized spacial score (nSPS) is 12.6. The molecule has 0 saturated heterocycles. The highest BCUT2D eigenvalue weighted by atomic mass is 16.5. The summed E-state index contributed by atoms with van der Waals surface area (Å²) in [6.07, 6.45) is 0.757. The predicted octanol–water partition coefficient (Wildman–Crippen LogP) is -0.0790. The fraction of sp³-hybridized carbons (Fsp3) is 0.818. The number of amides is 1. The first-order chi connectivity index (χ1) is 7.97. The van der Waals surface area contributed by atoms with E-state index in [2.05, 4.69) is 0 Å². The van der Waals surface area contributed by atoms with Gasteiger partial charge in [-0.25, -0.2) is 0 Å². The molecule has 3 N–H and O–H groups in total. The fourth-order valence-corrected chi connectivity index (χ4v) is 1.46. The minimum Gasteiger partial charge on any atom is -0.481 e. The number of carbonyl (C=O) groups excluding carboxylic acids is 1. The molecular weight excluding hydrogens is 224 g/mol. The number of carboxylic acid groups (broad SMARTS) is 1. The number of hydrogen-bond donors (Lipinski definition) is 2. The summed E-state index contributed by atoms with van der Waals surface area (Å²) in [7, 11) is 0. The van der Waals surface area contributed by atoms with Crippen molar-refractivity contribution < 1.29 is 19.4 Å². The quantitative estimate of drug-likeness (QED) is 0.526. The Morgan fingerprint density at radius 2 is 2.12 bits per heavy atom. The molecular formula is C11H22N2O4. The zero-order chi connectivity index (χ0) is 13.3. The van der Waals surface area contributed by atoms with E-state index in [1.165, 1.54) is 0 Å². The van der Waals surface area contributed by atoms with Crippen LogP contribution in [0.2, 0.25) is 0 Å². The molecule has 0 rings (SSSR count). The van der Waals surface area contributed by atoms with Crippen LogP contribution in [0.4, 0.5) is 0 Å². The van der Waals surface area contributed by atoms with Gasteiger partial charge in [0.1, 0.15) is 0 Å². The van der Waals surface area contributed by atoms with E-state index < -0.39 is 17.8 Å². The average Bonchev–Trinajstić information content (AvgIpc) is 2.23. The van der Waals surface area contributed by atoms with Crippen LogP contribution in [0.5, 0.6) is 0 Å². The summed E-state index contributed by atoms with van der Waals surface area (Å²) >= 11 is 0. The average molecular weight is 246 g/mol. The van der Waals surface area contributed by atoms with Gasteiger partial charge in [0.05, 0.1) is 12.5 Å². The van der Waals surface area contributed by atoms with Crippen LogP contribution in [0.3, 0.4) is 0 Å². The molecule has 0 aromatic rings. The van der Waals surface area contributed by atoms with E-state index in [-0.39, 0.29) is 6.54 Å². The lowest BCUT2D eigenvalue weighted by molar-refractivity contribution is -0.142. The highest BCUT2D eigenvalue weighted by molar-refractivity contribution is 5.76. The number of primary amides is 1. The minimum absolute atomic E-state index is 0.0870. The molecule has 0 spiro atoms. The number of hydrogen-bond acceptors (Lipinski definition) is 4. The second-order valence-corrected chi connectivity index (χ2v) is 3.99. The summed E-state index contributed by atoms with van der Waals surface area (Å²) < 4.78 is 5.18. The van der Waals surface area contributed by atoms with Gasteiger partial charge in [0.2, 0.25) is 5.91 Å². The van der Waals surface area contributed by atoms with Crippen LogP contribution in [0.1, 0.15) is 20.3 Å². The molecule has 100 valence electrons. The van der Waals surface area contributed by atoms with Crippen LogP contribution in [0, 0.1) is 5.92 Å². The Morgan fingerprint density at radius 3 is 2.59 bits per heavy atom. The maximum atomic E-state index is 10.9. The first kappa shape index (κ1) is 15.9. The second-order valence-electron chi connectivity index (χ2n) is 3.99. The molecule has 6 heteroatoms. The van der Waals surface area contributed by atoms with Crippen molar-refractivity contribution in [1.29, 1.82) is 0 Å². The summed E-state index contributed by atoms with van der Waals surface area (Å²) in [5.74, 6) is -1.83. The third-order valence-electron chi connectivity index (χ3n) is 2.30. The van der Waals surface area contributed by atoms with Crippen molar-refractivity contribution >= 4 is 11.9 Å². The number of aliphatic carboxylic acids is 1. The molecule has 6 nitrogen and oxygen atoms in total. The van der Waals surface area contributed by atoms with Crippen LogP contribution in [0.15, 0.2) is 0 Å². The largest absolute Gasteiger partial charge is 0.481 e. The predicted molar refractivity (Wildman–Crippen MR) is 63.5 cm³/mol. The zero-order valence-corrected chi connectivity index (χ0v) is 10.5.